The first-order chi connectivity index (χ1) is 10.8. The van der Waals surface area contributed by atoms with Crippen molar-refractivity contribution in [2.75, 3.05) is 36.5 Å². The molecule has 116 valence electrons. The third-order valence-electron chi connectivity index (χ3n) is 3.83. The van der Waals surface area contributed by atoms with Crippen LogP contribution < -0.4 is 15.0 Å². The van der Waals surface area contributed by atoms with E-state index in [1.165, 1.54) is 17.4 Å². The Labute approximate surface area is 130 Å². The van der Waals surface area contributed by atoms with Crippen LogP contribution in [0, 0.1) is 5.82 Å². The van der Waals surface area contributed by atoms with Gasteiger partial charge in [0.1, 0.15) is 0 Å². The molecule has 0 amide bonds. The standard InChI is InChI=1S/C18H21FN2O/c19-15-7-1-4-10-18(15)22-14-6-13-21-12-5-11-20-16-8-2-3-9-17(16)21/h1-4,7-10,20H,5-6,11-14H2. The number of ether oxygens (including phenoxy) is 1. The van der Waals surface area contributed by atoms with Crippen LogP contribution in [0.2, 0.25) is 0 Å². The molecule has 0 saturated heterocycles. The topological polar surface area (TPSA) is 24.5 Å². The molecule has 0 aromatic heterocycles. The van der Waals surface area contributed by atoms with Crippen molar-refractivity contribution < 1.29 is 9.13 Å². The predicted octanol–water partition coefficient (Wildman–Crippen LogP) is 3.92. The second kappa shape index (κ2) is 7.16. The van der Waals surface area contributed by atoms with Crippen LogP contribution in [0.15, 0.2) is 48.5 Å². The van der Waals surface area contributed by atoms with Gasteiger partial charge in [0.05, 0.1) is 18.0 Å². The van der Waals surface area contributed by atoms with Gasteiger partial charge < -0.3 is 15.0 Å². The molecule has 0 fully saturated rings. The van der Waals surface area contributed by atoms with Crippen LogP contribution in [-0.2, 0) is 0 Å². The van der Waals surface area contributed by atoms with Gasteiger partial charge in [0.2, 0.25) is 0 Å². The van der Waals surface area contributed by atoms with Gasteiger partial charge in [-0.3, -0.25) is 0 Å². The third-order valence-corrected chi connectivity index (χ3v) is 3.83. The normalized spacial score (nSPS) is 14.0. The lowest BCUT2D eigenvalue weighted by molar-refractivity contribution is 0.296. The SMILES string of the molecule is Fc1ccccc1OCCCN1CCCNc2ccccc21. The highest BCUT2D eigenvalue weighted by molar-refractivity contribution is 5.70. The molecule has 0 aliphatic carbocycles. The fourth-order valence-electron chi connectivity index (χ4n) is 2.74. The molecule has 1 aliphatic heterocycles. The Hall–Kier alpha value is -2.23. The van der Waals surface area contributed by atoms with Crippen molar-refractivity contribution >= 4 is 11.4 Å². The number of nitrogens with one attached hydrogen (secondary N) is 1. The molecule has 1 heterocycles. The summed E-state index contributed by atoms with van der Waals surface area (Å²) in [4.78, 5) is 2.38. The molecule has 3 rings (SSSR count). The molecule has 1 aliphatic rings. The fourth-order valence-corrected chi connectivity index (χ4v) is 2.74. The van der Waals surface area contributed by atoms with Crippen LogP contribution in [0.3, 0.4) is 0 Å². The molecule has 0 bridgehead atoms. The summed E-state index contributed by atoms with van der Waals surface area (Å²) in [6.45, 7) is 3.46. The molecule has 3 nitrogen and oxygen atoms in total. The molecule has 22 heavy (non-hydrogen) atoms. The summed E-state index contributed by atoms with van der Waals surface area (Å²) in [5, 5.41) is 3.46. The lowest BCUT2D eigenvalue weighted by Crippen LogP contribution is -2.26. The molecule has 4 heteroatoms. The lowest BCUT2D eigenvalue weighted by atomic mass is 10.2. The summed E-state index contributed by atoms with van der Waals surface area (Å²) >= 11 is 0. The van der Waals surface area contributed by atoms with Crippen LogP contribution in [0.4, 0.5) is 15.8 Å². The van der Waals surface area contributed by atoms with Gasteiger partial charge >= 0.3 is 0 Å². The van der Waals surface area contributed by atoms with Gasteiger partial charge in [0.25, 0.3) is 0 Å². The Morgan fingerprint density at radius 3 is 2.82 bits per heavy atom. The second-order valence-electron chi connectivity index (χ2n) is 5.42. The second-order valence-corrected chi connectivity index (χ2v) is 5.42. The Bertz CT molecular complexity index is 618. The van der Waals surface area contributed by atoms with Gasteiger partial charge in [-0.05, 0) is 37.1 Å². The number of nitrogens with zero attached hydrogens (tertiary/aromatic N) is 1. The average molecular weight is 300 g/mol. The number of rotatable bonds is 5. The predicted molar refractivity (Wildman–Crippen MR) is 88.3 cm³/mol. The summed E-state index contributed by atoms with van der Waals surface area (Å²) < 4.78 is 19.0. The molecule has 0 spiro atoms. The minimum atomic E-state index is -0.299. The maximum Gasteiger partial charge on any atom is 0.165 e. The first-order valence-corrected chi connectivity index (χ1v) is 7.80. The van der Waals surface area contributed by atoms with Crippen LogP contribution in [0.25, 0.3) is 0 Å². The van der Waals surface area contributed by atoms with E-state index in [1.807, 2.05) is 0 Å². The minimum Gasteiger partial charge on any atom is -0.490 e. The number of anilines is 2. The third kappa shape index (κ3) is 3.50. The molecule has 0 radical (unpaired) electrons. The summed E-state index contributed by atoms with van der Waals surface area (Å²) in [5.41, 5.74) is 2.43. The van der Waals surface area contributed by atoms with E-state index >= 15 is 0 Å². The molecular weight excluding hydrogens is 279 g/mol. The average Bonchev–Trinajstić information content (AvgIpc) is 2.75. The zero-order valence-corrected chi connectivity index (χ0v) is 12.6. The van der Waals surface area contributed by atoms with Gasteiger partial charge in [-0.2, -0.15) is 0 Å². The van der Waals surface area contributed by atoms with E-state index in [0.717, 1.165) is 32.5 Å². The smallest absolute Gasteiger partial charge is 0.165 e. The van der Waals surface area contributed by atoms with Gasteiger partial charge in [-0.15, -0.1) is 0 Å². The van der Waals surface area contributed by atoms with Gasteiger partial charge in [-0.1, -0.05) is 24.3 Å². The van der Waals surface area contributed by atoms with E-state index in [2.05, 4.69) is 34.5 Å². The summed E-state index contributed by atoms with van der Waals surface area (Å²) in [6, 6.07) is 14.9. The highest BCUT2D eigenvalue weighted by Gasteiger charge is 2.13. The summed E-state index contributed by atoms with van der Waals surface area (Å²) in [5.74, 6) is 0.0345. The number of hydrogen-bond acceptors (Lipinski definition) is 3. The molecule has 2 aromatic rings. The highest BCUT2D eigenvalue weighted by Crippen LogP contribution is 2.28. The van der Waals surface area contributed by atoms with E-state index in [0.29, 0.717) is 12.4 Å². The molecular formula is C18H21FN2O. The number of fused-ring (bicyclic) bond motifs is 1. The maximum atomic E-state index is 13.5. The monoisotopic (exact) mass is 300 g/mol. The number of halogens is 1. The zero-order chi connectivity index (χ0) is 15.2. The van der Waals surface area contributed by atoms with Crippen molar-refractivity contribution in [3.63, 3.8) is 0 Å². The summed E-state index contributed by atoms with van der Waals surface area (Å²) in [7, 11) is 0. The maximum absolute atomic E-state index is 13.5. The van der Waals surface area contributed by atoms with Crippen molar-refractivity contribution in [3.8, 4) is 5.75 Å². The first kappa shape index (κ1) is 14.7. The van der Waals surface area contributed by atoms with Crippen molar-refractivity contribution in [1.29, 1.82) is 0 Å². The first-order valence-electron chi connectivity index (χ1n) is 7.80. The van der Waals surface area contributed by atoms with Crippen LogP contribution >= 0.6 is 0 Å². The van der Waals surface area contributed by atoms with Crippen molar-refractivity contribution in [2.45, 2.75) is 12.8 Å². The quantitative estimate of drug-likeness (QED) is 0.847. The largest absolute Gasteiger partial charge is 0.490 e. The van der Waals surface area contributed by atoms with E-state index in [9.17, 15) is 4.39 Å². The summed E-state index contributed by atoms with van der Waals surface area (Å²) in [6.07, 6.45) is 1.98. The van der Waals surface area contributed by atoms with E-state index in [4.69, 9.17) is 4.74 Å². The Kier molecular flexibility index (Phi) is 4.78. The van der Waals surface area contributed by atoms with Crippen LogP contribution in [-0.4, -0.2) is 26.2 Å². The van der Waals surface area contributed by atoms with Crippen LogP contribution in [0.5, 0.6) is 5.75 Å². The minimum absolute atomic E-state index is 0.299. The van der Waals surface area contributed by atoms with E-state index < -0.39 is 0 Å². The van der Waals surface area contributed by atoms with E-state index in [-0.39, 0.29) is 5.82 Å². The van der Waals surface area contributed by atoms with E-state index in [1.54, 1.807) is 18.2 Å². The Morgan fingerprint density at radius 2 is 1.91 bits per heavy atom. The van der Waals surface area contributed by atoms with Gasteiger partial charge in [0, 0.05) is 19.6 Å². The number of hydrogen-bond donors (Lipinski definition) is 1. The Morgan fingerprint density at radius 1 is 1.09 bits per heavy atom. The number of benzene rings is 2. The van der Waals surface area contributed by atoms with Gasteiger partial charge in [-0.25, -0.2) is 4.39 Å². The highest BCUT2D eigenvalue weighted by atomic mass is 19.1. The van der Waals surface area contributed by atoms with Crippen molar-refractivity contribution in [3.05, 3.63) is 54.3 Å². The molecule has 2 aromatic carbocycles. The van der Waals surface area contributed by atoms with Crippen molar-refractivity contribution in [2.24, 2.45) is 0 Å². The van der Waals surface area contributed by atoms with Crippen molar-refractivity contribution in [1.82, 2.24) is 0 Å². The molecule has 0 unspecified atom stereocenters. The molecule has 0 atom stereocenters. The zero-order valence-electron chi connectivity index (χ0n) is 12.6. The van der Waals surface area contributed by atoms with Crippen LogP contribution in [0.1, 0.15) is 12.8 Å². The number of para-hydroxylation sites is 3. The molecule has 1 N–H and O–H groups in total. The van der Waals surface area contributed by atoms with Gasteiger partial charge in [0.15, 0.2) is 11.6 Å². The Balaban J connectivity index is 1.54. The molecule has 0 saturated carbocycles. The lowest BCUT2D eigenvalue weighted by Gasteiger charge is -2.24. The fraction of sp³-hybridized carbons (Fsp3) is 0.333.